The van der Waals surface area contributed by atoms with Gasteiger partial charge in [-0.3, -0.25) is 14.9 Å². The van der Waals surface area contributed by atoms with Crippen molar-refractivity contribution in [2.75, 3.05) is 45.3 Å². The Hall–Kier alpha value is -3.55. The third-order valence-corrected chi connectivity index (χ3v) is 4.84. The summed E-state index contributed by atoms with van der Waals surface area (Å²) in [6.07, 6.45) is 3.32. The first-order valence-electron chi connectivity index (χ1n) is 9.20. The number of anilines is 1. The van der Waals surface area contributed by atoms with Crippen molar-refractivity contribution in [1.82, 2.24) is 4.90 Å². The fourth-order valence-corrected chi connectivity index (χ4v) is 3.20. The molecule has 1 heterocycles. The zero-order chi connectivity index (χ0) is 20.8. The molecule has 0 spiro atoms. The maximum absolute atomic E-state index is 12.5. The van der Waals surface area contributed by atoms with E-state index in [1.54, 1.807) is 49.5 Å². The quantitative estimate of drug-likeness (QED) is 0.423. The number of non-ortho nitro benzene ring substituents is 1. The van der Waals surface area contributed by atoms with Gasteiger partial charge in [-0.2, -0.15) is 0 Å². The molecule has 0 bridgehead atoms. The number of amides is 1. The summed E-state index contributed by atoms with van der Waals surface area (Å²) in [5.41, 5.74) is 1.84. The molecule has 3 rings (SSSR count). The van der Waals surface area contributed by atoms with E-state index in [9.17, 15) is 14.9 Å². The number of hydrogen-bond acceptors (Lipinski definition) is 6. The minimum Gasteiger partial charge on any atom is -0.493 e. The van der Waals surface area contributed by atoms with E-state index in [2.05, 4.69) is 4.90 Å². The second kappa shape index (κ2) is 9.09. The lowest BCUT2D eigenvalue weighted by Crippen LogP contribution is -2.48. The molecule has 1 amide bonds. The van der Waals surface area contributed by atoms with E-state index >= 15 is 0 Å². The number of hydrogen-bond donors (Lipinski definition) is 0. The summed E-state index contributed by atoms with van der Waals surface area (Å²) in [6, 6.07) is 12.0. The topological polar surface area (TPSA) is 85.2 Å². The molecule has 0 radical (unpaired) electrons. The van der Waals surface area contributed by atoms with Gasteiger partial charge in [0, 0.05) is 50.1 Å². The van der Waals surface area contributed by atoms with Crippen molar-refractivity contribution in [3.05, 3.63) is 64.2 Å². The van der Waals surface area contributed by atoms with Gasteiger partial charge >= 0.3 is 0 Å². The first-order valence-corrected chi connectivity index (χ1v) is 9.20. The highest BCUT2D eigenvalue weighted by atomic mass is 16.6. The maximum Gasteiger partial charge on any atom is 0.269 e. The number of carbonyl (C=O) groups excluding carboxylic acids is 1. The lowest BCUT2D eigenvalue weighted by molar-refractivity contribution is -0.384. The van der Waals surface area contributed by atoms with Crippen molar-refractivity contribution in [2.24, 2.45) is 0 Å². The van der Waals surface area contributed by atoms with Crippen molar-refractivity contribution in [1.29, 1.82) is 0 Å². The minimum absolute atomic E-state index is 0.0527. The summed E-state index contributed by atoms with van der Waals surface area (Å²) in [7, 11) is 3.15. The normalized spacial score (nSPS) is 14.1. The maximum atomic E-state index is 12.5. The number of nitro groups is 1. The lowest BCUT2D eigenvalue weighted by atomic mass is 10.1. The summed E-state index contributed by atoms with van der Waals surface area (Å²) in [6.45, 7) is 2.53. The average molecular weight is 397 g/mol. The molecule has 0 aliphatic carbocycles. The number of methoxy groups -OCH3 is 2. The van der Waals surface area contributed by atoms with Crippen LogP contribution in [-0.2, 0) is 4.79 Å². The van der Waals surface area contributed by atoms with Crippen LogP contribution in [0, 0.1) is 10.1 Å². The molecule has 0 unspecified atom stereocenters. The van der Waals surface area contributed by atoms with E-state index < -0.39 is 4.92 Å². The SMILES string of the molecule is COc1ccc(/C=C/C(=O)N2CCN(c3ccc([N+](=O)[O-])cc3)CC2)cc1OC. The molecule has 1 aliphatic rings. The fourth-order valence-electron chi connectivity index (χ4n) is 3.20. The zero-order valence-electron chi connectivity index (χ0n) is 16.4. The molecule has 29 heavy (non-hydrogen) atoms. The predicted octanol–water partition coefficient (Wildman–Crippen LogP) is 2.97. The van der Waals surface area contributed by atoms with Gasteiger partial charge in [-0.15, -0.1) is 0 Å². The van der Waals surface area contributed by atoms with Crippen LogP contribution in [-0.4, -0.2) is 56.1 Å². The molecule has 0 atom stereocenters. The Labute approximate surface area is 169 Å². The van der Waals surface area contributed by atoms with Crippen LogP contribution in [0.4, 0.5) is 11.4 Å². The molecule has 8 heteroatoms. The Morgan fingerprint density at radius 3 is 2.24 bits per heavy atom. The number of piperazine rings is 1. The highest BCUT2D eigenvalue weighted by molar-refractivity contribution is 5.92. The molecule has 2 aromatic carbocycles. The highest BCUT2D eigenvalue weighted by Gasteiger charge is 2.20. The van der Waals surface area contributed by atoms with Crippen LogP contribution in [0.3, 0.4) is 0 Å². The Balaban J connectivity index is 1.57. The third-order valence-electron chi connectivity index (χ3n) is 4.84. The third kappa shape index (κ3) is 4.84. The summed E-state index contributed by atoms with van der Waals surface area (Å²) >= 11 is 0. The van der Waals surface area contributed by atoms with Crippen LogP contribution in [0.2, 0.25) is 0 Å². The van der Waals surface area contributed by atoms with Gasteiger partial charge in [0.2, 0.25) is 5.91 Å². The molecule has 1 aliphatic heterocycles. The summed E-state index contributed by atoms with van der Waals surface area (Å²) in [5.74, 6) is 1.19. The van der Waals surface area contributed by atoms with Gasteiger partial charge in [-0.25, -0.2) is 0 Å². The molecule has 0 aromatic heterocycles. The van der Waals surface area contributed by atoms with Gasteiger partial charge < -0.3 is 19.3 Å². The number of nitrogens with zero attached hydrogens (tertiary/aromatic N) is 3. The fraction of sp³-hybridized carbons (Fsp3) is 0.286. The largest absolute Gasteiger partial charge is 0.493 e. The number of benzene rings is 2. The van der Waals surface area contributed by atoms with Gasteiger partial charge in [-0.05, 0) is 35.9 Å². The first kappa shape index (κ1) is 20.2. The summed E-state index contributed by atoms with van der Waals surface area (Å²) in [4.78, 5) is 26.8. The highest BCUT2D eigenvalue weighted by Crippen LogP contribution is 2.28. The summed E-state index contributed by atoms with van der Waals surface area (Å²) < 4.78 is 10.5. The monoisotopic (exact) mass is 397 g/mol. The van der Waals surface area contributed by atoms with Gasteiger partial charge in [-0.1, -0.05) is 6.07 Å². The number of nitro benzene ring substituents is 1. The van der Waals surface area contributed by atoms with Crippen LogP contribution >= 0.6 is 0 Å². The Morgan fingerprint density at radius 1 is 1.00 bits per heavy atom. The van der Waals surface area contributed by atoms with Crippen LogP contribution in [0.1, 0.15) is 5.56 Å². The van der Waals surface area contributed by atoms with E-state index in [4.69, 9.17) is 9.47 Å². The molecule has 2 aromatic rings. The molecular formula is C21H23N3O5. The zero-order valence-corrected chi connectivity index (χ0v) is 16.4. The summed E-state index contributed by atoms with van der Waals surface area (Å²) in [5, 5.41) is 10.8. The average Bonchev–Trinajstić information content (AvgIpc) is 2.77. The van der Waals surface area contributed by atoms with Crippen molar-refractivity contribution < 1.29 is 19.2 Å². The van der Waals surface area contributed by atoms with Crippen LogP contribution in [0.25, 0.3) is 6.08 Å². The number of rotatable bonds is 6. The van der Waals surface area contributed by atoms with E-state index in [1.807, 2.05) is 12.1 Å². The molecular weight excluding hydrogens is 374 g/mol. The molecule has 0 N–H and O–H groups in total. The Kier molecular flexibility index (Phi) is 6.33. The smallest absolute Gasteiger partial charge is 0.269 e. The second-order valence-corrected chi connectivity index (χ2v) is 6.53. The molecule has 0 saturated carbocycles. The molecule has 1 saturated heterocycles. The van der Waals surface area contributed by atoms with Crippen LogP contribution in [0.5, 0.6) is 11.5 Å². The lowest BCUT2D eigenvalue weighted by Gasteiger charge is -2.35. The Bertz CT molecular complexity index is 903. The van der Waals surface area contributed by atoms with Gasteiger partial charge in [0.25, 0.3) is 5.69 Å². The standard InChI is InChI=1S/C21H23N3O5/c1-28-19-9-3-16(15-20(19)29-2)4-10-21(25)23-13-11-22(12-14-23)17-5-7-18(8-6-17)24(26)27/h3-10,15H,11-14H2,1-2H3/b10-4+. The van der Waals surface area contributed by atoms with E-state index in [-0.39, 0.29) is 11.6 Å². The van der Waals surface area contributed by atoms with Crippen molar-refractivity contribution in [3.63, 3.8) is 0 Å². The molecule has 152 valence electrons. The van der Waals surface area contributed by atoms with Gasteiger partial charge in [0.15, 0.2) is 11.5 Å². The van der Waals surface area contributed by atoms with Crippen LogP contribution in [0.15, 0.2) is 48.5 Å². The number of carbonyl (C=O) groups is 1. The van der Waals surface area contributed by atoms with Gasteiger partial charge in [0.05, 0.1) is 19.1 Å². The first-order chi connectivity index (χ1) is 14.0. The van der Waals surface area contributed by atoms with Crippen molar-refractivity contribution >= 4 is 23.4 Å². The van der Waals surface area contributed by atoms with E-state index in [0.717, 1.165) is 11.3 Å². The number of ether oxygens (including phenoxy) is 2. The van der Waals surface area contributed by atoms with Gasteiger partial charge in [0.1, 0.15) is 0 Å². The molecule has 8 nitrogen and oxygen atoms in total. The molecule has 1 fully saturated rings. The van der Waals surface area contributed by atoms with Crippen molar-refractivity contribution in [2.45, 2.75) is 0 Å². The van der Waals surface area contributed by atoms with E-state index in [0.29, 0.717) is 37.7 Å². The van der Waals surface area contributed by atoms with E-state index in [1.165, 1.54) is 12.1 Å². The second-order valence-electron chi connectivity index (χ2n) is 6.53. The van der Waals surface area contributed by atoms with Crippen LogP contribution < -0.4 is 14.4 Å². The van der Waals surface area contributed by atoms with Crippen molar-refractivity contribution in [3.8, 4) is 11.5 Å². The predicted molar refractivity (Wildman–Crippen MR) is 110 cm³/mol. The minimum atomic E-state index is -0.412. The Morgan fingerprint density at radius 2 is 1.66 bits per heavy atom.